The zero-order chi connectivity index (χ0) is 13.6. The lowest BCUT2D eigenvalue weighted by atomic mass is 10.1. The predicted molar refractivity (Wildman–Crippen MR) is 63.3 cm³/mol. The molecule has 0 aliphatic heterocycles. The Balaban J connectivity index is 2.20. The molecule has 0 amide bonds. The highest BCUT2D eigenvalue weighted by atomic mass is 19.4. The number of aromatic nitrogens is 4. The number of imidazole rings is 1. The number of hydrogen-bond acceptors (Lipinski definition) is 2. The number of nitrogens with zero attached hydrogens (tertiary/aromatic N) is 3. The first-order chi connectivity index (χ1) is 8.95. The van der Waals surface area contributed by atoms with Crippen LogP contribution in [0.4, 0.5) is 13.2 Å². The van der Waals surface area contributed by atoms with Crippen LogP contribution in [-0.2, 0) is 13.2 Å². The summed E-state index contributed by atoms with van der Waals surface area (Å²) in [5, 5.41) is 3.49. The van der Waals surface area contributed by atoms with Gasteiger partial charge in [-0.05, 0) is 17.7 Å². The topological polar surface area (TPSA) is 46.5 Å². The largest absolute Gasteiger partial charge is 0.435 e. The smallest absolute Gasteiger partial charge is 0.345 e. The Morgan fingerprint density at radius 1 is 1.26 bits per heavy atom. The van der Waals surface area contributed by atoms with Gasteiger partial charge >= 0.3 is 6.18 Å². The van der Waals surface area contributed by atoms with E-state index in [0.717, 1.165) is 4.68 Å². The van der Waals surface area contributed by atoms with Gasteiger partial charge in [-0.25, -0.2) is 4.98 Å². The maximum atomic E-state index is 12.9. The fraction of sp³-hybridized carbons (Fsp3) is 0.167. The summed E-state index contributed by atoms with van der Waals surface area (Å²) in [6, 6.07) is 4.92. The van der Waals surface area contributed by atoms with Gasteiger partial charge in [0.15, 0.2) is 5.69 Å². The van der Waals surface area contributed by atoms with Crippen molar-refractivity contribution in [2.24, 2.45) is 7.05 Å². The van der Waals surface area contributed by atoms with Crippen molar-refractivity contribution in [2.75, 3.05) is 0 Å². The molecule has 0 saturated carbocycles. The molecule has 3 aromatic rings. The van der Waals surface area contributed by atoms with Crippen LogP contribution in [0.1, 0.15) is 5.69 Å². The Morgan fingerprint density at radius 3 is 2.79 bits per heavy atom. The molecule has 0 atom stereocenters. The normalized spacial score (nSPS) is 12.2. The first-order valence-electron chi connectivity index (χ1n) is 5.49. The number of nitrogens with one attached hydrogen (secondary N) is 1. The Bertz CT molecular complexity index is 739. The Kier molecular flexibility index (Phi) is 2.38. The third-order valence-electron chi connectivity index (χ3n) is 2.83. The monoisotopic (exact) mass is 266 g/mol. The van der Waals surface area contributed by atoms with E-state index < -0.39 is 11.9 Å². The number of aromatic amines is 1. The van der Waals surface area contributed by atoms with Crippen molar-refractivity contribution in [3.8, 4) is 11.1 Å². The summed E-state index contributed by atoms with van der Waals surface area (Å²) in [5.74, 6) is 0. The summed E-state index contributed by atoms with van der Waals surface area (Å²) < 4.78 is 39.9. The summed E-state index contributed by atoms with van der Waals surface area (Å²) in [5.41, 5.74) is 1.04. The van der Waals surface area contributed by atoms with Crippen LogP contribution >= 0.6 is 0 Å². The fourth-order valence-electron chi connectivity index (χ4n) is 2.01. The van der Waals surface area contributed by atoms with E-state index in [-0.39, 0.29) is 5.56 Å². The van der Waals surface area contributed by atoms with E-state index in [4.69, 9.17) is 0 Å². The van der Waals surface area contributed by atoms with Crippen LogP contribution in [0, 0.1) is 0 Å². The molecule has 2 heterocycles. The standard InChI is InChI=1S/C12H9F3N4/c1-19-5-8(11(18-19)12(13,14)15)7-2-3-9-10(4-7)17-6-16-9/h2-6H,1H3,(H,16,17). The Hall–Kier alpha value is -2.31. The van der Waals surface area contributed by atoms with Gasteiger partial charge in [0.05, 0.1) is 17.4 Å². The number of H-pyrrole nitrogens is 1. The average Bonchev–Trinajstić information content (AvgIpc) is 2.92. The van der Waals surface area contributed by atoms with E-state index in [9.17, 15) is 13.2 Å². The molecule has 1 N–H and O–H groups in total. The van der Waals surface area contributed by atoms with Gasteiger partial charge < -0.3 is 4.98 Å². The molecule has 0 fully saturated rings. The maximum Gasteiger partial charge on any atom is 0.435 e. The number of fused-ring (bicyclic) bond motifs is 1. The molecule has 7 heteroatoms. The lowest BCUT2D eigenvalue weighted by Gasteiger charge is -2.06. The highest BCUT2D eigenvalue weighted by Gasteiger charge is 2.37. The SMILES string of the molecule is Cn1cc(-c2ccc3nc[nH]c3c2)c(C(F)(F)F)n1. The van der Waals surface area contributed by atoms with Crippen LogP contribution in [-0.4, -0.2) is 19.7 Å². The highest BCUT2D eigenvalue weighted by molar-refractivity contribution is 5.82. The summed E-state index contributed by atoms with van der Waals surface area (Å²) in [6.07, 6.45) is -1.61. The molecule has 0 aliphatic rings. The number of benzene rings is 1. The average molecular weight is 266 g/mol. The minimum atomic E-state index is -4.47. The second kappa shape index (κ2) is 3.84. The van der Waals surface area contributed by atoms with E-state index in [2.05, 4.69) is 15.1 Å². The first kappa shape index (κ1) is 11.8. The molecule has 0 aliphatic carbocycles. The van der Waals surface area contributed by atoms with E-state index >= 15 is 0 Å². The zero-order valence-corrected chi connectivity index (χ0v) is 9.86. The van der Waals surface area contributed by atoms with Crippen LogP contribution in [0.2, 0.25) is 0 Å². The van der Waals surface area contributed by atoms with Crippen molar-refractivity contribution >= 4 is 11.0 Å². The number of halogens is 3. The van der Waals surface area contributed by atoms with Crippen LogP contribution in [0.3, 0.4) is 0 Å². The van der Waals surface area contributed by atoms with Crippen LogP contribution in [0.5, 0.6) is 0 Å². The van der Waals surface area contributed by atoms with Gasteiger partial charge in [0.1, 0.15) is 0 Å². The van der Waals surface area contributed by atoms with Crippen molar-refractivity contribution in [1.82, 2.24) is 19.7 Å². The van der Waals surface area contributed by atoms with Gasteiger partial charge in [0.2, 0.25) is 0 Å². The van der Waals surface area contributed by atoms with Gasteiger partial charge in [-0.1, -0.05) is 6.07 Å². The van der Waals surface area contributed by atoms with Gasteiger partial charge in [-0.2, -0.15) is 18.3 Å². The Morgan fingerprint density at radius 2 is 2.05 bits per heavy atom. The van der Waals surface area contributed by atoms with Crippen LogP contribution in [0.25, 0.3) is 22.2 Å². The summed E-state index contributed by atoms with van der Waals surface area (Å²) in [7, 11) is 1.47. The second-order valence-corrected chi connectivity index (χ2v) is 4.20. The molecule has 2 aromatic heterocycles. The van der Waals surface area contributed by atoms with Gasteiger partial charge in [0, 0.05) is 18.8 Å². The number of alkyl halides is 3. The molecule has 98 valence electrons. The van der Waals surface area contributed by atoms with Crippen molar-refractivity contribution in [2.45, 2.75) is 6.18 Å². The van der Waals surface area contributed by atoms with E-state index in [1.54, 1.807) is 18.2 Å². The molecular formula is C12H9F3N4. The molecule has 0 bridgehead atoms. The molecule has 0 unspecified atom stereocenters. The molecule has 4 nitrogen and oxygen atoms in total. The summed E-state index contributed by atoms with van der Waals surface area (Å²) in [6.45, 7) is 0. The highest BCUT2D eigenvalue weighted by Crippen LogP contribution is 2.36. The molecule has 3 rings (SSSR count). The van der Waals surface area contributed by atoms with Crippen LogP contribution < -0.4 is 0 Å². The van der Waals surface area contributed by atoms with E-state index in [1.807, 2.05) is 0 Å². The number of aryl methyl sites for hydroxylation is 1. The van der Waals surface area contributed by atoms with E-state index in [0.29, 0.717) is 16.6 Å². The molecule has 19 heavy (non-hydrogen) atoms. The summed E-state index contributed by atoms with van der Waals surface area (Å²) in [4.78, 5) is 6.91. The van der Waals surface area contributed by atoms with Gasteiger partial charge in [-0.3, -0.25) is 4.68 Å². The minimum absolute atomic E-state index is 0.0616. The number of hydrogen-bond donors (Lipinski definition) is 1. The molecule has 0 saturated heterocycles. The molecular weight excluding hydrogens is 257 g/mol. The lowest BCUT2D eigenvalue weighted by molar-refractivity contribution is -0.140. The molecule has 0 radical (unpaired) electrons. The first-order valence-corrected chi connectivity index (χ1v) is 5.49. The Labute approximate surface area is 105 Å². The lowest BCUT2D eigenvalue weighted by Crippen LogP contribution is -2.08. The fourth-order valence-corrected chi connectivity index (χ4v) is 2.01. The van der Waals surface area contributed by atoms with Crippen molar-refractivity contribution in [1.29, 1.82) is 0 Å². The van der Waals surface area contributed by atoms with Crippen molar-refractivity contribution in [3.63, 3.8) is 0 Å². The van der Waals surface area contributed by atoms with Crippen LogP contribution in [0.15, 0.2) is 30.7 Å². The maximum absolute atomic E-state index is 12.9. The van der Waals surface area contributed by atoms with E-state index in [1.165, 1.54) is 19.6 Å². The summed E-state index contributed by atoms with van der Waals surface area (Å²) >= 11 is 0. The molecule has 0 spiro atoms. The third-order valence-corrected chi connectivity index (χ3v) is 2.83. The van der Waals surface area contributed by atoms with Gasteiger partial charge in [-0.15, -0.1) is 0 Å². The number of rotatable bonds is 1. The van der Waals surface area contributed by atoms with Crippen molar-refractivity contribution in [3.05, 3.63) is 36.4 Å². The van der Waals surface area contributed by atoms with Crippen molar-refractivity contribution < 1.29 is 13.2 Å². The zero-order valence-electron chi connectivity index (χ0n) is 9.86. The van der Waals surface area contributed by atoms with Gasteiger partial charge in [0.25, 0.3) is 0 Å². The molecule has 1 aromatic carbocycles. The third kappa shape index (κ3) is 1.96. The quantitative estimate of drug-likeness (QED) is 0.736. The predicted octanol–water partition coefficient (Wildman–Crippen LogP) is 2.98. The minimum Gasteiger partial charge on any atom is -0.345 e. The second-order valence-electron chi connectivity index (χ2n) is 4.20.